The van der Waals surface area contributed by atoms with Crippen LogP contribution in [0.2, 0.25) is 0 Å². The van der Waals surface area contributed by atoms with E-state index in [1.54, 1.807) is 18.2 Å². The summed E-state index contributed by atoms with van der Waals surface area (Å²) in [5, 5.41) is 0. The van der Waals surface area contributed by atoms with Crippen molar-refractivity contribution in [2.75, 3.05) is 0 Å². The molecule has 3 heteroatoms. The molecule has 1 aromatic carbocycles. The van der Waals surface area contributed by atoms with E-state index >= 15 is 0 Å². The third-order valence-corrected chi connectivity index (χ3v) is 1.31. The van der Waals surface area contributed by atoms with Gasteiger partial charge < -0.3 is 5.73 Å². The molecule has 13 heavy (non-hydrogen) atoms. The lowest BCUT2D eigenvalue weighted by Crippen LogP contribution is -2.10. The quantitative estimate of drug-likeness (QED) is 0.701. The average molecular weight is 179 g/mol. The Labute approximate surface area is 77.6 Å². The van der Waals surface area contributed by atoms with Crippen molar-refractivity contribution >= 4 is 12.2 Å². The topological polar surface area (TPSA) is 60.2 Å². The molecule has 0 radical (unpaired) electrons. The van der Waals surface area contributed by atoms with Crippen LogP contribution >= 0.6 is 0 Å². The molecule has 0 aliphatic carbocycles. The third kappa shape index (κ3) is 3.51. The Bertz CT molecular complexity index is 295. The largest absolute Gasteiger partial charge is 0.366 e. The van der Waals surface area contributed by atoms with E-state index in [1.807, 2.05) is 13.8 Å². The van der Waals surface area contributed by atoms with Crippen LogP contribution in [0.1, 0.15) is 34.6 Å². The summed E-state index contributed by atoms with van der Waals surface area (Å²) in [6.07, 6.45) is 0.673. The predicted octanol–water partition coefficient (Wildman–Crippen LogP) is 1.62. The molecule has 0 fully saturated rings. The molecule has 2 N–H and O–H groups in total. The highest BCUT2D eigenvalue weighted by Gasteiger charge is 1.98. The summed E-state index contributed by atoms with van der Waals surface area (Å²) in [6.45, 7) is 4.00. The number of primary amides is 1. The molecule has 1 rings (SSSR count). The number of carbonyl (C=O) groups is 2. The summed E-state index contributed by atoms with van der Waals surface area (Å²) in [5.74, 6) is -0.520. The van der Waals surface area contributed by atoms with Crippen molar-refractivity contribution in [1.82, 2.24) is 0 Å². The summed E-state index contributed by atoms with van der Waals surface area (Å²) in [6, 6.07) is 6.24. The van der Waals surface area contributed by atoms with Crippen LogP contribution in [-0.2, 0) is 0 Å². The van der Waals surface area contributed by atoms with Crippen LogP contribution in [0.3, 0.4) is 0 Å². The number of hydrogen-bond donors (Lipinski definition) is 1. The molecule has 0 bridgehead atoms. The average Bonchev–Trinajstić information content (AvgIpc) is 2.21. The lowest BCUT2D eigenvalue weighted by molar-refractivity contribution is 0.100. The maximum absolute atomic E-state index is 10.6. The monoisotopic (exact) mass is 179 g/mol. The minimum Gasteiger partial charge on any atom is -0.366 e. The minimum absolute atomic E-state index is 0.356. The van der Waals surface area contributed by atoms with E-state index in [2.05, 4.69) is 0 Å². The van der Waals surface area contributed by atoms with E-state index in [0.29, 0.717) is 17.4 Å². The molecule has 0 aliphatic rings. The second-order valence-electron chi connectivity index (χ2n) is 2.11. The molecule has 0 atom stereocenters. The van der Waals surface area contributed by atoms with Crippen molar-refractivity contribution in [2.24, 2.45) is 5.73 Å². The highest BCUT2D eigenvalue weighted by atomic mass is 16.1. The zero-order chi connectivity index (χ0) is 10.3. The van der Waals surface area contributed by atoms with Gasteiger partial charge in [0.2, 0.25) is 5.91 Å². The van der Waals surface area contributed by atoms with Crippen molar-refractivity contribution in [3.05, 3.63) is 35.4 Å². The van der Waals surface area contributed by atoms with E-state index in [0.717, 1.165) is 0 Å². The zero-order valence-corrected chi connectivity index (χ0v) is 7.78. The third-order valence-electron chi connectivity index (χ3n) is 1.31. The maximum Gasteiger partial charge on any atom is 0.248 e. The molecular formula is C10H13NO2. The fraction of sp³-hybridized carbons (Fsp3) is 0.200. The first-order valence-corrected chi connectivity index (χ1v) is 4.09. The van der Waals surface area contributed by atoms with Crippen LogP contribution in [-0.4, -0.2) is 12.2 Å². The van der Waals surface area contributed by atoms with Crippen molar-refractivity contribution in [3.8, 4) is 0 Å². The van der Waals surface area contributed by atoms with Crippen LogP contribution in [0.4, 0.5) is 0 Å². The summed E-state index contributed by atoms with van der Waals surface area (Å²) < 4.78 is 0. The molecule has 0 saturated heterocycles. The Hall–Kier alpha value is -1.64. The lowest BCUT2D eigenvalue weighted by atomic mass is 10.1. The number of amides is 1. The molecular weight excluding hydrogens is 166 g/mol. The van der Waals surface area contributed by atoms with Crippen LogP contribution in [0.25, 0.3) is 0 Å². The van der Waals surface area contributed by atoms with Crippen molar-refractivity contribution in [2.45, 2.75) is 13.8 Å². The van der Waals surface area contributed by atoms with Gasteiger partial charge in [-0.3, -0.25) is 9.59 Å². The van der Waals surface area contributed by atoms with Gasteiger partial charge in [-0.1, -0.05) is 26.0 Å². The van der Waals surface area contributed by atoms with Crippen molar-refractivity contribution in [3.63, 3.8) is 0 Å². The summed E-state index contributed by atoms with van der Waals surface area (Å²) in [4.78, 5) is 20.8. The first-order valence-electron chi connectivity index (χ1n) is 4.09. The highest BCUT2D eigenvalue weighted by Crippen LogP contribution is 2.01. The number of nitrogens with two attached hydrogens (primary N) is 1. The first kappa shape index (κ1) is 11.4. The number of benzene rings is 1. The van der Waals surface area contributed by atoms with Crippen LogP contribution in [0.15, 0.2) is 24.3 Å². The molecule has 0 spiro atoms. The van der Waals surface area contributed by atoms with Crippen LogP contribution in [0.5, 0.6) is 0 Å². The Morgan fingerprint density at radius 1 is 1.38 bits per heavy atom. The van der Waals surface area contributed by atoms with E-state index < -0.39 is 5.91 Å². The van der Waals surface area contributed by atoms with Gasteiger partial charge in [-0.05, 0) is 12.1 Å². The number of aldehydes is 1. The van der Waals surface area contributed by atoms with Gasteiger partial charge in [0.25, 0.3) is 0 Å². The van der Waals surface area contributed by atoms with Gasteiger partial charge in [0.1, 0.15) is 6.29 Å². The SMILES string of the molecule is CC.NC(=O)c1cccc(C=O)c1. The summed E-state index contributed by atoms with van der Waals surface area (Å²) in [7, 11) is 0. The van der Waals surface area contributed by atoms with E-state index in [-0.39, 0.29) is 0 Å². The molecule has 1 amide bonds. The second kappa shape index (κ2) is 5.94. The van der Waals surface area contributed by atoms with Gasteiger partial charge in [0, 0.05) is 11.1 Å². The van der Waals surface area contributed by atoms with Gasteiger partial charge in [-0.25, -0.2) is 0 Å². The van der Waals surface area contributed by atoms with Crippen molar-refractivity contribution < 1.29 is 9.59 Å². The standard InChI is InChI=1S/C8H7NO2.C2H6/c9-8(11)7-3-1-2-6(4-7)5-10;1-2/h1-5H,(H2,9,11);1-2H3. The molecule has 0 aromatic heterocycles. The Kier molecular flexibility index (Phi) is 5.19. The van der Waals surface area contributed by atoms with Gasteiger partial charge in [0.05, 0.1) is 0 Å². The smallest absolute Gasteiger partial charge is 0.248 e. The van der Waals surface area contributed by atoms with E-state index in [9.17, 15) is 9.59 Å². The summed E-state index contributed by atoms with van der Waals surface area (Å²) >= 11 is 0. The molecule has 3 nitrogen and oxygen atoms in total. The fourth-order valence-corrected chi connectivity index (χ4v) is 0.765. The van der Waals surface area contributed by atoms with E-state index in [4.69, 9.17) is 5.73 Å². The van der Waals surface area contributed by atoms with Gasteiger partial charge in [0.15, 0.2) is 0 Å². The molecule has 1 aromatic rings. The Balaban J connectivity index is 0.000000671. The number of hydrogen-bond acceptors (Lipinski definition) is 2. The molecule has 0 aliphatic heterocycles. The molecule has 0 heterocycles. The predicted molar refractivity (Wildman–Crippen MR) is 51.7 cm³/mol. The summed E-state index contributed by atoms with van der Waals surface area (Å²) in [5.41, 5.74) is 5.80. The minimum atomic E-state index is -0.520. The fourth-order valence-electron chi connectivity index (χ4n) is 0.765. The lowest BCUT2D eigenvalue weighted by Gasteiger charge is -1.94. The molecule has 0 saturated carbocycles. The second-order valence-corrected chi connectivity index (χ2v) is 2.11. The normalized spacial score (nSPS) is 8.15. The molecule has 0 unspecified atom stereocenters. The van der Waals surface area contributed by atoms with Crippen LogP contribution < -0.4 is 5.73 Å². The van der Waals surface area contributed by atoms with Gasteiger partial charge in [-0.15, -0.1) is 0 Å². The van der Waals surface area contributed by atoms with Gasteiger partial charge >= 0.3 is 0 Å². The first-order chi connectivity index (χ1) is 6.24. The Morgan fingerprint density at radius 2 is 2.00 bits per heavy atom. The van der Waals surface area contributed by atoms with Gasteiger partial charge in [-0.2, -0.15) is 0 Å². The Morgan fingerprint density at radius 3 is 2.46 bits per heavy atom. The number of carbonyl (C=O) groups excluding carboxylic acids is 2. The van der Waals surface area contributed by atoms with Crippen LogP contribution in [0, 0.1) is 0 Å². The highest BCUT2D eigenvalue weighted by molar-refractivity contribution is 5.94. The number of rotatable bonds is 2. The van der Waals surface area contributed by atoms with E-state index in [1.165, 1.54) is 6.07 Å². The van der Waals surface area contributed by atoms with Crippen molar-refractivity contribution in [1.29, 1.82) is 0 Å². The zero-order valence-electron chi connectivity index (χ0n) is 7.78. The molecule has 70 valence electrons. The maximum atomic E-state index is 10.6.